The van der Waals surface area contributed by atoms with Crippen molar-refractivity contribution in [3.8, 4) is 0 Å². The molecule has 0 saturated carbocycles. The molecule has 1 unspecified atom stereocenters. The fourth-order valence-corrected chi connectivity index (χ4v) is 2.19. The molecule has 0 heterocycles. The van der Waals surface area contributed by atoms with E-state index >= 15 is 0 Å². The third-order valence-corrected chi connectivity index (χ3v) is 3.20. The molecule has 0 aliphatic rings. The van der Waals surface area contributed by atoms with Crippen molar-refractivity contribution in [2.24, 2.45) is 0 Å². The summed E-state index contributed by atoms with van der Waals surface area (Å²) in [6, 6.07) is 0.329. The molecule has 132 valence electrons. The first-order valence-corrected chi connectivity index (χ1v) is 8.24. The number of nitrogens with zero attached hydrogens (tertiary/aromatic N) is 1. The second kappa shape index (κ2) is 9.36. The first-order chi connectivity index (χ1) is 10.0. The van der Waals surface area contributed by atoms with Crippen LogP contribution in [0.3, 0.4) is 0 Å². The van der Waals surface area contributed by atoms with Gasteiger partial charge in [-0.1, -0.05) is 13.3 Å². The van der Waals surface area contributed by atoms with Gasteiger partial charge in [-0.25, -0.2) is 4.79 Å². The first kappa shape index (κ1) is 21.2. The molecule has 0 aromatic rings. The minimum Gasteiger partial charge on any atom is -0.444 e. The summed E-state index contributed by atoms with van der Waals surface area (Å²) < 4.78 is 10.7. The number of carbonyl (C=O) groups is 1. The van der Waals surface area contributed by atoms with Crippen molar-refractivity contribution in [1.82, 2.24) is 10.2 Å². The van der Waals surface area contributed by atoms with Crippen molar-refractivity contribution in [2.75, 3.05) is 26.8 Å². The molecule has 0 bridgehead atoms. The van der Waals surface area contributed by atoms with Crippen LogP contribution < -0.4 is 5.32 Å². The summed E-state index contributed by atoms with van der Waals surface area (Å²) in [4.78, 5) is 14.2. The molecule has 0 fully saturated rings. The van der Waals surface area contributed by atoms with E-state index in [0.29, 0.717) is 19.2 Å². The Morgan fingerprint density at radius 2 is 1.77 bits per heavy atom. The molecular weight excluding hydrogens is 280 g/mol. The van der Waals surface area contributed by atoms with Gasteiger partial charge >= 0.3 is 6.09 Å². The molecule has 0 rings (SSSR count). The van der Waals surface area contributed by atoms with Crippen LogP contribution in [-0.2, 0) is 9.47 Å². The minimum absolute atomic E-state index is 0.263. The van der Waals surface area contributed by atoms with Gasteiger partial charge in [0.1, 0.15) is 5.60 Å². The van der Waals surface area contributed by atoms with Gasteiger partial charge in [0.2, 0.25) is 0 Å². The molecule has 5 heteroatoms. The summed E-state index contributed by atoms with van der Waals surface area (Å²) in [6.45, 7) is 15.9. The van der Waals surface area contributed by atoms with Gasteiger partial charge in [0.15, 0.2) is 0 Å². The number of carbonyl (C=O) groups excluding carboxylic acids is 1. The molecule has 1 N–H and O–H groups in total. The van der Waals surface area contributed by atoms with Crippen molar-refractivity contribution in [3.63, 3.8) is 0 Å². The van der Waals surface area contributed by atoms with Crippen LogP contribution in [-0.4, -0.2) is 55.0 Å². The monoisotopic (exact) mass is 316 g/mol. The lowest BCUT2D eigenvalue weighted by atomic mass is 10.1. The van der Waals surface area contributed by atoms with Crippen molar-refractivity contribution in [1.29, 1.82) is 0 Å². The third kappa shape index (κ3) is 9.26. The average Bonchev–Trinajstić information content (AvgIpc) is 2.30. The Kier molecular flexibility index (Phi) is 9.01. The lowest BCUT2D eigenvalue weighted by molar-refractivity contribution is 0.00625. The highest BCUT2D eigenvalue weighted by Crippen LogP contribution is 2.18. The Bertz CT molecular complexity index is 313. The summed E-state index contributed by atoms with van der Waals surface area (Å²) in [5, 5.41) is 3.47. The normalized spacial score (nSPS) is 13.8. The predicted octanol–water partition coefficient (Wildman–Crippen LogP) is 3.43. The Morgan fingerprint density at radius 1 is 1.18 bits per heavy atom. The van der Waals surface area contributed by atoms with E-state index in [4.69, 9.17) is 9.47 Å². The molecule has 0 aliphatic carbocycles. The molecule has 5 nitrogen and oxygen atoms in total. The van der Waals surface area contributed by atoms with E-state index in [9.17, 15) is 4.79 Å². The van der Waals surface area contributed by atoms with E-state index < -0.39 is 5.60 Å². The van der Waals surface area contributed by atoms with Crippen molar-refractivity contribution in [3.05, 3.63) is 0 Å². The van der Waals surface area contributed by atoms with Gasteiger partial charge in [0, 0.05) is 31.8 Å². The topological polar surface area (TPSA) is 50.8 Å². The zero-order chi connectivity index (χ0) is 17.4. The Morgan fingerprint density at radius 3 is 2.18 bits per heavy atom. The zero-order valence-corrected chi connectivity index (χ0v) is 15.8. The van der Waals surface area contributed by atoms with E-state index in [2.05, 4.69) is 12.2 Å². The van der Waals surface area contributed by atoms with E-state index in [-0.39, 0.29) is 11.6 Å². The molecule has 22 heavy (non-hydrogen) atoms. The highest BCUT2D eigenvalue weighted by atomic mass is 16.6. The minimum atomic E-state index is -0.477. The van der Waals surface area contributed by atoms with Crippen LogP contribution in [0.25, 0.3) is 0 Å². The third-order valence-electron chi connectivity index (χ3n) is 3.20. The van der Waals surface area contributed by atoms with E-state index in [1.54, 1.807) is 12.0 Å². The van der Waals surface area contributed by atoms with Crippen molar-refractivity contribution in [2.45, 2.75) is 78.5 Å². The molecule has 0 aliphatic heterocycles. The van der Waals surface area contributed by atoms with Gasteiger partial charge in [0.05, 0.1) is 6.61 Å². The number of hydrogen-bond acceptors (Lipinski definition) is 4. The SMILES string of the molecule is CCCC(COC)NCCN(C(=O)OC(C)(C)C)C(C)(C)C. The maximum absolute atomic E-state index is 12.4. The average molecular weight is 316 g/mol. The highest BCUT2D eigenvalue weighted by molar-refractivity contribution is 5.69. The van der Waals surface area contributed by atoms with Gasteiger partial charge in [0.25, 0.3) is 0 Å². The van der Waals surface area contributed by atoms with E-state index in [0.717, 1.165) is 19.4 Å². The Balaban J connectivity index is 4.58. The molecule has 0 aromatic carbocycles. The van der Waals surface area contributed by atoms with Crippen LogP contribution in [0.15, 0.2) is 0 Å². The number of rotatable bonds is 8. The summed E-state index contributed by atoms with van der Waals surface area (Å²) in [5.41, 5.74) is -0.750. The van der Waals surface area contributed by atoms with E-state index in [1.165, 1.54) is 0 Å². The second-order valence-electron chi connectivity index (χ2n) is 7.70. The van der Waals surface area contributed by atoms with Gasteiger partial charge < -0.3 is 19.7 Å². The lowest BCUT2D eigenvalue weighted by Gasteiger charge is -2.37. The van der Waals surface area contributed by atoms with Crippen LogP contribution in [0.2, 0.25) is 0 Å². The summed E-state index contributed by atoms with van der Waals surface area (Å²) in [6.07, 6.45) is 1.91. The van der Waals surface area contributed by atoms with Gasteiger partial charge in [-0.05, 0) is 48.0 Å². The first-order valence-electron chi connectivity index (χ1n) is 8.24. The maximum atomic E-state index is 12.4. The van der Waals surface area contributed by atoms with Crippen LogP contribution in [0, 0.1) is 0 Å². The highest BCUT2D eigenvalue weighted by Gasteiger charge is 2.30. The number of amides is 1. The van der Waals surface area contributed by atoms with Crippen molar-refractivity contribution < 1.29 is 14.3 Å². The molecular formula is C17H36N2O3. The lowest BCUT2D eigenvalue weighted by Crippen LogP contribution is -2.51. The summed E-state index contributed by atoms with van der Waals surface area (Å²) in [7, 11) is 1.71. The smallest absolute Gasteiger partial charge is 0.410 e. The predicted molar refractivity (Wildman–Crippen MR) is 91.3 cm³/mol. The number of nitrogens with one attached hydrogen (secondary N) is 1. The zero-order valence-electron chi connectivity index (χ0n) is 15.8. The molecule has 0 aromatic heterocycles. The van der Waals surface area contributed by atoms with E-state index in [1.807, 2.05) is 41.5 Å². The van der Waals surface area contributed by atoms with Gasteiger partial charge in [-0.15, -0.1) is 0 Å². The molecule has 0 radical (unpaired) electrons. The fourth-order valence-electron chi connectivity index (χ4n) is 2.19. The van der Waals surface area contributed by atoms with Crippen molar-refractivity contribution >= 4 is 6.09 Å². The molecule has 1 amide bonds. The number of hydrogen-bond donors (Lipinski definition) is 1. The van der Waals surface area contributed by atoms with Crippen LogP contribution >= 0.6 is 0 Å². The summed E-state index contributed by atoms with van der Waals surface area (Å²) >= 11 is 0. The largest absolute Gasteiger partial charge is 0.444 e. The molecule has 0 saturated heterocycles. The van der Waals surface area contributed by atoms with Gasteiger partial charge in [-0.2, -0.15) is 0 Å². The van der Waals surface area contributed by atoms with Gasteiger partial charge in [-0.3, -0.25) is 0 Å². The molecule has 1 atom stereocenters. The molecule has 0 spiro atoms. The fraction of sp³-hybridized carbons (Fsp3) is 0.941. The van der Waals surface area contributed by atoms with Crippen LogP contribution in [0.5, 0.6) is 0 Å². The Labute approximate surface area is 136 Å². The maximum Gasteiger partial charge on any atom is 0.410 e. The summed E-state index contributed by atoms with van der Waals surface area (Å²) in [5.74, 6) is 0. The number of methoxy groups -OCH3 is 1. The van der Waals surface area contributed by atoms with Crippen LogP contribution in [0.1, 0.15) is 61.3 Å². The Hall–Kier alpha value is -0.810. The van der Waals surface area contributed by atoms with Crippen LogP contribution in [0.4, 0.5) is 4.79 Å². The quantitative estimate of drug-likeness (QED) is 0.745. The number of ether oxygens (including phenoxy) is 2. The standard InChI is InChI=1S/C17H36N2O3/c1-9-10-14(13-21-8)18-11-12-19(16(2,3)4)15(20)22-17(5,6)7/h14,18H,9-13H2,1-8H3. The second-order valence-corrected chi connectivity index (χ2v) is 7.70.